The fraction of sp³-hybridized carbons (Fsp3) is 0.263. The predicted octanol–water partition coefficient (Wildman–Crippen LogP) is 2.80. The Kier molecular flexibility index (Phi) is 5.58. The summed E-state index contributed by atoms with van der Waals surface area (Å²) in [5, 5.41) is 5.53. The normalized spacial score (nSPS) is 11.5. The van der Waals surface area contributed by atoms with Crippen LogP contribution in [0.25, 0.3) is 0 Å². The molecule has 2 amide bonds. The zero-order valence-corrected chi connectivity index (χ0v) is 14.5. The first kappa shape index (κ1) is 17.5. The smallest absolute Gasteiger partial charge is 0.251 e. The van der Waals surface area contributed by atoms with Gasteiger partial charge in [-0.2, -0.15) is 0 Å². The van der Waals surface area contributed by atoms with Gasteiger partial charge in [-0.3, -0.25) is 9.59 Å². The largest absolute Gasteiger partial charge is 0.378 e. The van der Waals surface area contributed by atoms with Gasteiger partial charge >= 0.3 is 0 Å². The zero-order valence-electron chi connectivity index (χ0n) is 14.5. The maximum atomic E-state index is 12.7. The quantitative estimate of drug-likeness (QED) is 0.803. The van der Waals surface area contributed by atoms with Crippen LogP contribution in [0.3, 0.4) is 0 Å². The second-order valence-corrected chi connectivity index (χ2v) is 5.96. The van der Waals surface area contributed by atoms with Gasteiger partial charge in [-0.25, -0.2) is 0 Å². The molecule has 0 spiro atoms. The minimum Gasteiger partial charge on any atom is -0.378 e. The highest BCUT2D eigenvalue weighted by Crippen LogP contribution is 2.23. The van der Waals surface area contributed by atoms with Gasteiger partial charge in [-0.15, -0.1) is 0 Å². The molecule has 0 heterocycles. The number of anilines is 2. The molecular weight excluding hydrogens is 302 g/mol. The van der Waals surface area contributed by atoms with Gasteiger partial charge in [-0.05, 0) is 42.7 Å². The van der Waals surface area contributed by atoms with Crippen LogP contribution >= 0.6 is 0 Å². The Morgan fingerprint density at radius 1 is 1.04 bits per heavy atom. The summed E-state index contributed by atoms with van der Waals surface area (Å²) in [6.45, 7) is 3.88. The SMILES string of the molecule is Cc1cccc(C)c1NC(=O)[C@@H](NC=O)c1ccc(N(C)C)cc1. The first-order valence-electron chi connectivity index (χ1n) is 7.78. The van der Waals surface area contributed by atoms with Crippen LogP contribution in [-0.2, 0) is 9.59 Å². The van der Waals surface area contributed by atoms with Gasteiger partial charge in [0.15, 0.2) is 0 Å². The Bertz CT molecular complexity index is 704. The molecule has 0 saturated carbocycles. The molecule has 24 heavy (non-hydrogen) atoms. The predicted molar refractivity (Wildman–Crippen MR) is 97.3 cm³/mol. The monoisotopic (exact) mass is 325 g/mol. The van der Waals surface area contributed by atoms with Crippen molar-refractivity contribution >= 4 is 23.7 Å². The van der Waals surface area contributed by atoms with Crippen LogP contribution in [0.1, 0.15) is 22.7 Å². The summed E-state index contributed by atoms with van der Waals surface area (Å²) in [7, 11) is 3.90. The van der Waals surface area contributed by atoms with Gasteiger partial charge < -0.3 is 15.5 Å². The molecule has 1 atom stereocenters. The molecule has 0 aliphatic heterocycles. The first-order valence-corrected chi connectivity index (χ1v) is 7.78. The molecular formula is C19H23N3O2. The molecule has 0 aliphatic rings. The van der Waals surface area contributed by atoms with E-state index < -0.39 is 6.04 Å². The third kappa shape index (κ3) is 3.93. The number of aryl methyl sites for hydroxylation is 2. The van der Waals surface area contributed by atoms with Gasteiger partial charge in [0.25, 0.3) is 5.91 Å². The van der Waals surface area contributed by atoms with E-state index in [-0.39, 0.29) is 5.91 Å². The van der Waals surface area contributed by atoms with Crippen molar-refractivity contribution in [1.82, 2.24) is 5.32 Å². The van der Waals surface area contributed by atoms with Crippen molar-refractivity contribution < 1.29 is 9.59 Å². The molecule has 5 nitrogen and oxygen atoms in total. The molecule has 0 bridgehead atoms. The Morgan fingerprint density at radius 3 is 2.12 bits per heavy atom. The van der Waals surface area contributed by atoms with Crippen LogP contribution in [-0.4, -0.2) is 26.4 Å². The second-order valence-electron chi connectivity index (χ2n) is 5.96. The molecule has 0 radical (unpaired) electrons. The summed E-state index contributed by atoms with van der Waals surface area (Å²) >= 11 is 0. The van der Waals surface area contributed by atoms with Gasteiger partial charge in [0.2, 0.25) is 6.41 Å². The average molecular weight is 325 g/mol. The van der Waals surface area contributed by atoms with Crippen molar-refractivity contribution in [2.24, 2.45) is 0 Å². The Morgan fingerprint density at radius 2 is 1.62 bits per heavy atom. The summed E-state index contributed by atoms with van der Waals surface area (Å²) in [6, 6.07) is 12.6. The van der Waals surface area contributed by atoms with Crippen molar-refractivity contribution in [2.75, 3.05) is 24.3 Å². The molecule has 0 fully saturated rings. The van der Waals surface area contributed by atoms with E-state index in [0.717, 1.165) is 28.1 Å². The number of hydrogen-bond acceptors (Lipinski definition) is 3. The number of benzene rings is 2. The molecule has 2 aromatic rings. The molecule has 0 saturated heterocycles. The number of nitrogens with one attached hydrogen (secondary N) is 2. The third-order valence-electron chi connectivity index (χ3n) is 3.97. The lowest BCUT2D eigenvalue weighted by Gasteiger charge is -2.20. The summed E-state index contributed by atoms with van der Waals surface area (Å²) in [6.07, 6.45) is 0.550. The fourth-order valence-electron chi connectivity index (χ4n) is 2.56. The summed E-state index contributed by atoms with van der Waals surface area (Å²) in [5.41, 5.74) is 4.51. The van der Waals surface area contributed by atoms with Crippen molar-refractivity contribution in [2.45, 2.75) is 19.9 Å². The van der Waals surface area contributed by atoms with Gasteiger partial charge in [0.1, 0.15) is 6.04 Å². The van der Waals surface area contributed by atoms with E-state index in [1.54, 1.807) is 0 Å². The molecule has 2 rings (SSSR count). The highest BCUT2D eigenvalue weighted by Gasteiger charge is 2.21. The maximum absolute atomic E-state index is 12.7. The van der Waals surface area contributed by atoms with Crippen LogP contribution in [0.2, 0.25) is 0 Å². The number of carbonyl (C=O) groups is 2. The van der Waals surface area contributed by atoms with Crippen LogP contribution < -0.4 is 15.5 Å². The van der Waals surface area contributed by atoms with E-state index in [1.165, 1.54) is 0 Å². The minimum atomic E-state index is -0.738. The lowest BCUT2D eigenvalue weighted by molar-refractivity contribution is -0.121. The fourth-order valence-corrected chi connectivity index (χ4v) is 2.56. The number of carbonyl (C=O) groups excluding carboxylic acids is 2. The lowest BCUT2D eigenvalue weighted by atomic mass is 10.0. The first-order chi connectivity index (χ1) is 11.4. The summed E-state index contributed by atoms with van der Waals surface area (Å²) in [4.78, 5) is 25.6. The number of amides is 2. The van der Waals surface area contributed by atoms with Crippen molar-refractivity contribution in [3.05, 3.63) is 59.2 Å². The summed E-state index contributed by atoms with van der Waals surface area (Å²) < 4.78 is 0. The van der Waals surface area contributed by atoms with E-state index in [0.29, 0.717) is 6.41 Å². The van der Waals surface area contributed by atoms with Crippen molar-refractivity contribution in [1.29, 1.82) is 0 Å². The Hall–Kier alpha value is -2.82. The van der Waals surface area contributed by atoms with Gasteiger partial charge in [0.05, 0.1) is 0 Å². The Labute approximate surface area is 142 Å². The molecule has 5 heteroatoms. The molecule has 0 unspecified atom stereocenters. The van der Waals surface area contributed by atoms with E-state index >= 15 is 0 Å². The van der Waals surface area contributed by atoms with E-state index in [4.69, 9.17) is 0 Å². The molecule has 2 aromatic carbocycles. The topological polar surface area (TPSA) is 61.4 Å². The number of rotatable bonds is 6. The van der Waals surface area contributed by atoms with Crippen molar-refractivity contribution in [3.8, 4) is 0 Å². The second kappa shape index (κ2) is 7.64. The van der Waals surface area contributed by atoms with Crippen LogP contribution in [0, 0.1) is 13.8 Å². The van der Waals surface area contributed by atoms with E-state index in [9.17, 15) is 9.59 Å². The summed E-state index contributed by atoms with van der Waals surface area (Å²) in [5.74, 6) is -0.267. The van der Waals surface area contributed by atoms with E-state index in [1.807, 2.05) is 75.3 Å². The third-order valence-corrected chi connectivity index (χ3v) is 3.97. The van der Waals surface area contributed by atoms with Crippen LogP contribution in [0.4, 0.5) is 11.4 Å². The van der Waals surface area contributed by atoms with Crippen molar-refractivity contribution in [3.63, 3.8) is 0 Å². The number of para-hydroxylation sites is 1. The standard InChI is InChI=1S/C19H23N3O2/c1-13-6-5-7-14(2)17(13)21-19(24)18(20-12-23)15-8-10-16(11-9-15)22(3)4/h5-12,18H,1-4H3,(H,20,23)(H,21,24)/t18-/m0/s1. The maximum Gasteiger partial charge on any atom is 0.251 e. The van der Waals surface area contributed by atoms with Crippen LogP contribution in [0.15, 0.2) is 42.5 Å². The van der Waals surface area contributed by atoms with Gasteiger partial charge in [0, 0.05) is 25.5 Å². The van der Waals surface area contributed by atoms with Crippen LogP contribution in [0.5, 0.6) is 0 Å². The average Bonchev–Trinajstić information content (AvgIpc) is 2.56. The van der Waals surface area contributed by atoms with Gasteiger partial charge in [-0.1, -0.05) is 30.3 Å². The molecule has 0 aromatic heterocycles. The Balaban J connectivity index is 2.26. The zero-order chi connectivity index (χ0) is 17.7. The van der Waals surface area contributed by atoms with E-state index in [2.05, 4.69) is 10.6 Å². The molecule has 2 N–H and O–H groups in total. The molecule has 126 valence electrons. The highest BCUT2D eigenvalue weighted by atomic mass is 16.2. The highest BCUT2D eigenvalue weighted by molar-refractivity contribution is 5.97. The number of nitrogens with zero attached hydrogens (tertiary/aromatic N) is 1. The lowest BCUT2D eigenvalue weighted by Crippen LogP contribution is -2.32. The minimum absolute atomic E-state index is 0.267. The number of hydrogen-bond donors (Lipinski definition) is 2. The molecule has 0 aliphatic carbocycles.